The van der Waals surface area contributed by atoms with Crippen molar-refractivity contribution < 1.29 is 4.92 Å². The molecule has 1 heterocycles. The Morgan fingerprint density at radius 1 is 0.810 bits per heavy atom. The monoisotopic (exact) mass is 283 g/mol. The van der Waals surface area contributed by atoms with Crippen LogP contribution in [0.5, 0.6) is 0 Å². The fourth-order valence-corrected chi connectivity index (χ4v) is 2.73. The molecule has 1 aliphatic heterocycles. The van der Waals surface area contributed by atoms with Crippen molar-refractivity contribution in [3.8, 4) is 0 Å². The second-order valence-corrected chi connectivity index (χ2v) is 5.06. The molecule has 108 valence electrons. The zero-order valence-corrected chi connectivity index (χ0v) is 11.7. The zero-order valence-electron chi connectivity index (χ0n) is 11.7. The molecule has 0 bridgehead atoms. The fraction of sp³-hybridized carbons (Fsp3) is 0.250. The van der Waals surface area contributed by atoms with Crippen LogP contribution in [0, 0.1) is 10.1 Å². The second-order valence-electron chi connectivity index (χ2n) is 5.06. The van der Waals surface area contributed by atoms with Gasteiger partial charge < -0.3 is 9.80 Å². The number of anilines is 2. The predicted molar refractivity (Wildman–Crippen MR) is 84.0 cm³/mol. The number of hydrogen-bond donors (Lipinski definition) is 0. The summed E-state index contributed by atoms with van der Waals surface area (Å²) in [5.74, 6) is 0. The Morgan fingerprint density at radius 2 is 1.38 bits per heavy atom. The molecule has 5 heteroatoms. The number of hydrogen-bond acceptors (Lipinski definition) is 4. The van der Waals surface area contributed by atoms with Crippen molar-refractivity contribution in [2.75, 3.05) is 36.0 Å². The maximum atomic E-state index is 11.1. The first-order valence-corrected chi connectivity index (χ1v) is 7.04. The Bertz CT molecular complexity index is 622. The molecule has 1 fully saturated rings. The van der Waals surface area contributed by atoms with E-state index in [9.17, 15) is 10.1 Å². The van der Waals surface area contributed by atoms with Crippen molar-refractivity contribution in [1.82, 2.24) is 0 Å². The van der Waals surface area contributed by atoms with Gasteiger partial charge in [-0.05, 0) is 18.2 Å². The van der Waals surface area contributed by atoms with Gasteiger partial charge in [-0.25, -0.2) is 0 Å². The largest absolute Gasteiger partial charge is 0.368 e. The van der Waals surface area contributed by atoms with Crippen LogP contribution in [-0.4, -0.2) is 31.1 Å². The van der Waals surface area contributed by atoms with Gasteiger partial charge in [-0.1, -0.05) is 30.3 Å². The molecule has 0 amide bonds. The third-order valence-electron chi connectivity index (χ3n) is 3.82. The summed E-state index contributed by atoms with van der Waals surface area (Å²) in [5, 5.41) is 11.1. The highest BCUT2D eigenvalue weighted by atomic mass is 16.6. The number of nitrogens with zero attached hydrogens (tertiary/aromatic N) is 3. The van der Waals surface area contributed by atoms with Crippen LogP contribution in [0.3, 0.4) is 0 Å². The van der Waals surface area contributed by atoms with Gasteiger partial charge in [-0.2, -0.15) is 0 Å². The summed E-state index contributed by atoms with van der Waals surface area (Å²) in [6, 6.07) is 17.2. The number of benzene rings is 2. The average Bonchev–Trinajstić information content (AvgIpc) is 2.56. The first kappa shape index (κ1) is 13.4. The first-order chi connectivity index (χ1) is 10.3. The van der Waals surface area contributed by atoms with E-state index < -0.39 is 0 Å². The SMILES string of the molecule is O=[N+]([O-])c1ccccc1N1CCN(c2ccccc2)CC1. The van der Waals surface area contributed by atoms with Crippen molar-refractivity contribution in [2.24, 2.45) is 0 Å². The average molecular weight is 283 g/mol. The Balaban J connectivity index is 1.73. The first-order valence-electron chi connectivity index (χ1n) is 7.04. The minimum Gasteiger partial charge on any atom is -0.368 e. The van der Waals surface area contributed by atoms with Crippen LogP contribution in [0.25, 0.3) is 0 Å². The van der Waals surface area contributed by atoms with Crippen molar-refractivity contribution in [3.63, 3.8) is 0 Å². The van der Waals surface area contributed by atoms with Gasteiger partial charge in [0.15, 0.2) is 0 Å². The van der Waals surface area contributed by atoms with Gasteiger partial charge in [0, 0.05) is 37.9 Å². The van der Waals surface area contributed by atoms with Gasteiger partial charge in [0.05, 0.1) is 4.92 Å². The van der Waals surface area contributed by atoms with E-state index in [4.69, 9.17) is 0 Å². The molecular formula is C16H17N3O2. The molecule has 1 aliphatic rings. The number of piperazine rings is 1. The maximum Gasteiger partial charge on any atom is 0.292 e. The van der Waals surface area contributed by atoms with Crippen molar-refractivity contribution in [3.05, 3.63) is 64.7 Å². The van der Waals surface area contributed by atoms with Crippen LogP contribution < -0.4 is 9.80 Å². The van der Waals surface area contributed by atoms with E-state index in [1.54, 1.807) is 12.1 Å². The number of nitro groups is 1. The van der Waals surface area contributed by atoms with Crippen LogP contribution in [0.15, 0.2) is 54.6 Å². The molecule has 0 unspecified atom stereocenters. The molecule has 5 nitrogen and oxygen atoms in total. The lowest BCUT2D eigenvalue weighted by atomic mass is 10.2. The highest BCUT2D eigenvalue weighted by Gasteiger charge is 2.23. The molecule has 1 saturated heterocycles. The molecule has 0 aromatic heterocycles. The van der Waals surface area contributed by atoms with Crippen molar-refractivity contribution in [1.29, 1.82) is 0 Å². The van der Waals surface area contributed by atoms with Gasteiger partial charge in [-0.3, -0.25) is 10.1 Å². The molecule has 0 radical (unpaired) electrons. The smallest absolute Gasteiger partial charge is 0.292 e. The Morgan fingerprint density at radius 3 is 2.05 bits per heavy atom. The lowest BCUT2D eigenvalue weighted by molar-refractivity contribution is -0.384. The van der Waals surface area contributed by atoms with E-state index >= 15 is 0 Å². The summed E-state index contributed by atoms with van der Waals surface area (Å²) in [4.78, 5) is 15.2. The Hall–Kier alpha value is -2.56. The van der Waals surface area contributed by atoms with E-state index in [0.717, 1.165) is 31.9 Å². The van der Waals surface area contributed by atoms with Crippen LogP contribution in [-0.2, 0) is 0 Å². The normalized spacial score (nSPS) is 15.0. The van der Waals surface area contributed by atoms with Crippen LogP contribution >= 0.6 is 0 Å². The molecule has 0 N–H and O–H groups in total. The lowest BCUT2D eigenvalue weighted by Crippen LogP contribution is -2.46. The van der Waals surface area contributed by atoms with Crippen LogP contribution in [0.4, 0.5) is 17.1 Å². The lowest BCUT2D eigenvalue weighted by Gasteiger charge is -2.37. The van der Waals surface area contributed by atoms with E-state index in [2.05, 4.69) is 21.9 Å². The van der Waals surface area contributed by atoms with Crippen molar-refractivity contribution >= 4 is 17.1 Å². The highest BCUT2D eigenvalue weighted by Crippen LogP contribution is 2.29. The fourth-order valence-electron chi connectivity index (χ4n) is 2.73. The quantitative estimate of drug-likeness (QED) is 0.642. The van der Waals surface area contributed by atoms with Crippen LogP contribution in [0.1, 0.15) is 0 Å². The van der Waals surface area contributed by atoms with Gasteiger partial charge in [0.25, 0.3) is 5.69 Å². The third-order valence-corrected chi connectivity index (χ3v) is 3.82. The summed E-state index contributed by atoms with van der Waals surface area (Å²) < 4.78 is 0. The summed E-state index contributed by atoms with van der Waals surface area (Å²) in [7, 11) is 0. The number of nitro benzene ring substituents is 1. The Kier molecular flexibility index (Phi) is 3.73. The molecule has 2 aromatic rings. The van der Waals surface area contributed by atoms with Crippen LogP contribution in [0.2, 0.25) is 0 Å². The highest BCUT2D eigenvalue weighted by molar-refractivity contribution is 5.64. The molecule has 2 aromatic carbocycles. The minimum absolute atomic E-state index is 0.186. The van der Waals surface area contributed by atoms with Gasteiger partial charge in [-0.15, -0.1) is 0 Å². The third kappa shape index (κ3) is 2.81. The molecule has 0 atom stereocenters. The minimum atomic E-state index is -0.307. The topological polar surface area (TPSA) is 49.6 Å². The molecule has 0 aliphatic carbocycles. The van der Waals surface area contributed by atoms with E-state index in [0.29, 0.717) is 0 Å². The summed E-state index contributed by atoms with van der Waals surface area (Å²) in [6.07, 6.45) is 0. The molecule has 3 rings (SSSR count). The number of para-hydroxylation sites is 3. The standard InChI is InChI=1S/C16H17N3O2/c20-19(21)16-9-5-4-8-15(16)18-12-10-17(11-13-18)14-6-2-1-3-7-14/h1-9H,10-13H2. The molecule has 0 saturated carbocycles. The van der Waals surface area contributed by atoms with E-state index in [-0.39, 0.29) is 10.6 Å². The summed E-state index contributed by atoms with van der Waals surface area (Å²) in [5.41, 5.74) is 2.11. The Labute approximate surface area is 123 Å². The molecule has 0 spiro atoms. The summed E-state index contributed by atoms with van der Waals surface area (Å²) in [6.45, 7) is 3.33. The van der Waals surface area contributed by atoms with Gasteiger partial charge >= 0.3 is 0 Å². The number of rotatable bonds is 3. The maximum absolute atomic E-state index is 11.1. The van der Waals surface area contributed by atoms with E-state index in [1.165, 1.54) is 5.69 Å². The summed E-state index contributed by atoms with van der Waals surface area (Å²) >= 11 is 0. The predicted octanol–water partition coefficient (Wildman–Crippen LogP) is 2.92. The van der Waals surface area contributed by atoms with E-state index in [1.807, 2.05) is 30.3 Å². The molecular weight excluding hydrogens is 266 g/mol. The van der Waals surface area contributed by atoms with Crippen molar-refractivity contribution in [2.45, 2.75) is 0 Å². The van der Waals surface area contributed by atoms with Gasteiger partial charge in [0.2, 0.25) is 0 Å². The zero-order chi connectivity index (χ0) is 14.7. The molecule has 21 heavy (non-hydrogen) atoms. The second kappa shape index (κ2) is 5.83. The van der Waals surface area contributed by atoms with Gasteiger partial charge in [0.1, 0.15) is 5.69 Å².